The largest absolute Gasteiger partial charge is 0.481 e. The van der Waals surface area contributed by atoms with Crippen LogP contribution in [0.15, 0.2) is 90.8 Å². The van der Waals surface area contributed by atoms with Gasteiger partial charge in [-0.1, -0.05) is 48.0 Å². The van der Waals surface area contributed by atoms with Gasteiger partial charge in [-0.2, -0.15) is 9.78 Å². The highest BCUT2D eigenvalue weighted by Gasteiger charge is 2.31. The van der Waals surface area contributed by atoms with Gasteiger partial charge >= 0.3 is 0 Å². The second-order valence-corrected chi connectivity index (χ2v) is 8.59. The molecular weight excluding hydrogens is 436 g/mol. The summed E-state index contributed by atoms with van der Waals surface area (Å²) >= 11 is 0. The number of hydrogen-bond donors (Lipinski definition) is 0. The molecule has 0 N–H and O–H groups in total. The van der Waals surface area contributed by atoms with Crippen LogP contribution in [0.3, 0.4) is 0 Å². The smallest absolute Gasteiger partial charge is 0.279 e. The summed E-state index contributed by atoms with van der Waals surface area (Å²) in [5.74, 6) is 0.401. The first kappa shape index (κ1) is 21.0. The van der Waals surface area contributed by atoms with Gasteiger partial charge < -0.3 is 4.74 Å². The first-order valence-electron chi connectivity index (χ1n) is 11.4. The van der Waals surface area contributed by atoms with Crippen molar-refractivity contribution in [3.8, 4) is 28.3 Å². The number of methoxy groups -OCH3 is 1. The van der Waals surface area contributed by atoms with E-state index in [4.69, 9.17) is 9.84 Å². The third kappa shape index (κ3) is 3.51. The Morgan fingerprint density at radius 2 is 1.71 bits per heavy atom. The topological polar surface area (TPSA) is 69.9 Å². The number of aromatic nitrogens is 4. The van der Waals surface area contributed by atoms with E-state index < -0.39 is 0 Å². The number of hydrogen-bond acceptors (Lipinski definition) is 5. The molecule has 0 spiro atoms. The highest BCUT2D eigenvalue weighted by molar-refractivity contribution is 6.23. The number of carbonyl (C=O) groups excluding carboxylic acids is 1. The number of nitrogens with zero attached hydrogens (tertiary/aromatic N) is 4. The fourth-order valence-electron chi connectivity index (χ4n) is 4.76. The molecule has 3 aromatic heterocycles. The van der Waals surface area contributed by atoms with Crippen LogP contribution in [0, 0.1) is 0 Å². The average molecular weight is 459 g/mol. The van der Waals surface area contributed by atoms with Crippen LogP contribution < -0.4 is 4.74 Å². The summed E-state index contributed by atoms with van der Waals surface area (Å²) in [6.45, 7) is 2.03. The Morgan fingerprint density at radius 1 is 0.886 bits per heavy atom. The van der Waals surface area contributed by atoms with Crippen LogP contribution in [-0.4, -0.2) is 32.8 Å². The highest BCUT2D eigenvalue weighted by atomic mass is 16.5. The van der Waals surface area contributed by atoms with Crippen molar-refractivity contribution >= 4 is 22.4 Å². The van der Waals surface area contributed by atoms with Crippen LogP contribution >= 0.6 is 0 Å². The molecule has 0 atom stereocenters. The molecule has 0 unspecified atom stereocenters. The molecule has 0 saturated carbocycles. The average Bonchev–Trinajstić information content (AvgIpc) is 3.28. The summed E-state index contributed by atoms with van der Waals surface area (Å²) in [5.41, 5.74) is 7.89. The zero-order valence-electron chi connectivity index (χ0n) is 19.4. The lowest BCUT2D eigenvalue weighted by molar-refractivity contribution is 0.0958. The van der Waals surface area contributed by atoms with Crippen molar-refractivity contribution in [1.29, 1.82) is 0 Å². The van der Waals surface area contributed by atoms with Crippen molar-refractivity contribution in [1.82, 2.24) is 19.7 Å². The van der Waals surface area contributed by atoms with Gasteiger partial charge in [0.25, 0.3) is 5.91 Å². The maximum absolute atomic E-state index is 13.9. The van der Waals surface area contributed by atoms with E-state index in [2.05, 4.69) is 9.97 Å². The lowest BCUT2D eigenvalue weighted by Crippen LogP contribution is -2.23. The minimum atomic E-state index is -0.128. The van der Waals surface area contributed by atoms with Gasteiger partial charge in [0.05, 0.1) is 18.3 Å². The molecule has 35 heavy (non-hydrogen) atoms. The number of pyridine rings is 2. The standard InChI is InChI=1S/C29H22N4O2/c1-18-15-24-27(19-7-4-3-5-8-19)28(22-11-13-25(35-2)31-17-22)32-33(24)29(34)26(18)21-10-12-23-20(16-21)9-6-14-30-23/h3-14,16-17H,15H2,1-2H3. The fourth-order valence-corrected chi connectivity index (χ4v) is 4.76. The van der Waals surface area contributed by atoms with Crippen molar-refractivity contribution in [2.24, 2.45) is 0 Å². The van der Waals surface area contributed by atoms with Gasteiger partial charge in [-0.3, -0.25) is 9.78 Å². The molecule has 0 amide bonds. The number of allylic oxidation sites excluding steroid dienone is 2. The van der Waals surface area contributed by atoms with E-state index >= 15 is 0 Å². The van der Waals surface area contributed by atoms with Crippen molar-refractivity contribution in [2.75, 3.05) is 7.11 Å². The lowest BCUT2D eigenvalue weighted by atomic mass is 9.90. The summed E-state index contributed by atoms with van der Waals surface area (Å²) in [6, 6.07) is 23.7. The monoisotopic (exact) mass is 458 g/mol. The van der Waals surface area contributed by atoms with Crippen LogP contribution in [0.5, 0.6) is 5.88 Å². The van der Waals surface area contributed by atoms with E-state index in [-0.39, 0.29) is 5.91 Å². The third-order valence-corrected chi connectivity index (χ3v) is 6.42. The third-order valence-electron chi connectivity index (χ3n) is 6.42. The normalized spacial score (nSPS) is 13.3. The maximum atomic E-state index is 13.9. The van der Waals surface area contributed by atoms with Gasteiger partial charge in [-0.15, -0.1) is 0 Å². The van der Waals surface area contributed by atoms with E-state index in [1.165, 1.54) is 0 Å². The summed E-state index contributed by atoms with van der Waals surface area (Å²) < 4.78 is 6.79. The molecule has 1 aliphatic heterocycles. The number of fused-ring (bicyclic) bond motifs is 2. The summed E-state index contributed by atoms with van der Waals surface area (Å²) in [4.78, 5) is 22.7. The summed E-state index contributed by atoms with van der Waals surface area (Å²) in [7, 11) is 1.59. The first-order valence-corrected chi connectivity index (χ1v) is 11.4. The van der Waals surface area contributed by atoms with Crippen LogP contribution in [0.25, 0.3) is 38.9 Å². The maximum Gasteiger partial charge on any atom is 0.279 e. The summed E-state index contributed by atoms with van der Waals surface area (Å²) in [5, 5.41) is 5.85. The number of carbonyl (C=O) groups is 1. The van der Waals surface area contributed by atoms with Gasteiger partial charge in [-0.05, 0) is 42.3 Å². The zero-order valence-corrected chi connectivity index (χ0v) is 19.4. The Balaban J connectivity index is 1.52. The van der Waals surface area contributed by atoms with Gasteiger partial charge in [0.1, 0.15) is 5.69 Å². The van der Waals surface area contributed by atoms with Gasteiger partial charge in [-0.25, -0.2) is 4.98 Å². The SMILES string of the molecule is COc1ccc(-c2nn3c(c2-c2ccccc2)CC(C)=C(c2ccc4ncccc4c2)C3=O)cn1. The second kappa shape index (κ2) is 8.33. The molecule has 0 bridgehead atoms. The van der Waals surface area contributed by atoms with Crippen LogP contribution in [0.1, 0.15) is 23.0 Å². The van der Waals surface area contributed by atoms with Crippen molar-refractivity contribution in [3.63, 3.8) is 0 Å². The molecule has 1 aliphatic rings. The van der Waals surface area contributed by atoms with Gasteiger partial charge in [0, 0.05) is 47.0 Å². The van der Waals surface area contributed by atoms with Gasteiger partial charge in [0.15, 0.2) is 0 Å². The van der Waals surface area contributed by atoms with Crippen LogP contribution in [0.2, 0.25) is 0 Å². The van der Waals surface area contributed by atoms with Gasteiger partial charge in [0.2, 0.25) is 5.88 Å². The summed E-state index contributed by atoms with van der Waals surface area (Å²) in [6.07, 6.45) is 4.13. The Hall–Kier alpha value is -4.58. The number of benzene rings is 2. The Bertz CT molecular complexity index is 1620. The second-order valence-electron chi connectivity index (χ2n) is 8.59. The predicted molar refractivity (Wildman–Crippen MR) is 136 cm³/mol. The highest BCUT2D eigenvalue weighted by Crippen LogP contribution is 2.40. The van der Waals surface area contributed by atoms with E-state index in [9.17, 15) is 4.79 Å². The van der Waals surface area contributed by atoms with Crippen LogP contribution in [-0.2, 0) is 6.42 Å². The Kier molecular flexibility index (Phi) is 4.99. The van der Waals surface area contributed by atoms with Crippen molar-refractivity contribution in [3.05, 3.63) is 102 Å². The van der Waals surface area contributed by atoms with E-state index in [0.717, 1.165) is 50.1 Å². The molecule has 6 rings (SSSR count). The van der Waals surface area contributed by atoms with E-state index in [1.54, 1.807) is 24.2 Å². The van der Waals surface area contributed by atoms with Crippen LogP contribution in [0.4, 0.5) is 0 Å². The quantitative estimate of drug-likeness (QED) is 0.338. The molecule has 170 valence electrons. The fraction of sp³-hybridized carbons (Fsp3) is 0.103. The van der Waals surface area contributed by atoms with Crippen molar-refractivity contribution < 1.29 is 9.53 Å². The molecule has 0 saturated heterocycles. The minimum Gasteiger partial charge on any atom is -0.481 e. The first-order chi connectivity index (χ1) is 17.1. The lowest BCUT2D eigenvalue weighted by Gasteiger charge is -2.20. The predicted octanol–water partition coefficient (Wildman–Crippen LogP) is 5.84. The molecular formula is C29H22N4O2. The number of rotatable bonds is 4. The molecule has 0 fully saturated rings. The Labute approximate surface area is 202 Å². The molecule has 0 radical (unpaired) electrons. The zero-order chi connectivity index (χ0) is 23.9. The molecule has 4 heterocycles. The molecule has 6 heteroatoms. The van der Waals surface area contributed by atoms with E-state index in [0.29, 0.717) is 17.9 Å². The molecule has 0 aliphatic carbocycles. The molecule has 2 aromatic carbocycles. The molecule has 6 nitrogen and oxygen atoms in total. The Morgan fingerprint density at radius 3 is 2.49 bits per heavy atom. The van der Waals surface area contributed by atoms with Crippen molar-refractivity contribution in [2.45, 2.75) is 13.3 Å². The minimum absolute atomic E-state index is 0.128. The van der Waals surface area contributed by atoms with E-state index in [1.807, 2.05) is 79.7 Å². The number of ether oxygens (including phenoxy) is 1. The molecule has 5 aromatic rings.